The molecule has 1 fully saturated rings. The van der Waals surface area contributed by atoms with Crippen molar-refractivity contribution in [3.05, 3.63) is 29.8 Å². The Morgan fingerprint density at radius 1 is 1.17 bits per heavy atom. The van der Waals surface area contributed by atoms with Crippen molar-refractivity contribution in [3.8, 4) is 5.75 Å². The molecule has 0 radical (unpaired) electrons. The van der Waals surface area contributed by atoms with Gasteiger partial charge in [-0.25, -0.2) is 0 Å². The van der Waals surface area contributed by atoms with Gasteiger partial charge in [0.05, 0.1) is 6.61 Å². The Morgan fingerprint density at radius 3 is 2.39 bits per heavy atom. The van der Waals surface area contributed by atoms with Crippen LogP contribution in [0.5, 0.6) is 5.75 Å². The van der Waals surface area contributed by atoms with Crippen molar-refractivity contribution in [1.29, 1.82) is 0 Å². The molecule has 0 aromatic heterocycles. The molecular weight excluding hydrogens is 288 g/mol. The second kappa shape index (κ2) is 7.18. The minimum Gasteiger partial charge on any atom is -0.494 e. The van der Waals surface area contributed by atoms with Gasteiger partial charge in [0, 0.05) is 5.33 Å². The number of hydrogen-bond donors (Lipinski definition) is 0. The monoisotopic (exact) mass is 310 g/mol. The third kappa shape index (κ3) is 3.50. The summed E-state index contributed by atoms with van der Waals surface area (Å²) < 4.78 is 5.51. The molecule has 1 aromatic rings. The summed E-state index contributed by atoms with van der Waals surface area (Å²) in [4.78, 5) is 0. The lowest BCUT2D eigenvalue weighted by atomic mass is 9.78. The minimum atomic E-state index is 0.668. The van der Waals surface area contributed by atoms with E-state index >= 15 is 0 Å². The Balaban J connectivity index is 2.06. The molecule has 1 saturated carbocycles. The highest BCUT2D eigenvalue weighted by atomic mass is 79.9. The molecule has 1 aromatic carbocycles. The third-order valence-corrected chi connectivity index (χ3v) is 4.70. The maximum atomic E-state index is 5.51. The van der Waals surface area contributed by atoms with Gasteiger partial charge in [0.1, 0.15) is 5.75 Å². The van der Waals surface area contributed by atoms with Gasteiger partial charge in [0.25, 0.3) is 0 Å². The molecule has 1 unspecified atom stereocenters. The van der Waals surface area contributed by atoms with Crippen LogP contribution < -0.4 is 4.74 Å². The zero-order valence-electron chi connectivity index (χ0n) is 11.2. The van der Waals surface area contributed by atoms with Crippen LogP contribution >= 0.6 is 15.9 Å². The fourth-order valence-electron chi connectivity index (χ4n) is 3.00. The predicted octanol–water partition coefficient (Wildman–Crippen LogP) is 5.14. The fraction of sp³-hybridized carbons (Fsp3) is 0.625. The maximum absolute atomic E-state index is 5.51. The molecule has 0 N–H and O–H groups in total. The summed E-state index contributed by atoms with van der Waals surface area (Å²) in [6, 6.07) is 8.70. The topological polar surface area (TPSA) is 9.23 Å². The first kappa shape index (κ1) is 13.9. The van der Waals surface area contributed by atoms with E-state index < -0.39 is 0 Å². The van der Waals surface area contributed by atoms with Gasteiger partial charge in [0.15, 0.2) is 0 Å². The molecule has 1 atom stereocenters. The van der Waals surface area contributed by atoms with E-state index in [4.69, 9.17) is 4.74 Å². The number of ether oxygens (including phenoxy) is 1. The predicted molar refractivity (Wildman–Crippen MR) is 80.7 cm³/mol. The van der Waals surface area contributed by atoms with E-state index in [9.17, 15) is 0 Å². The van der Waals surface area contributed by atoms with Crippen LogP contribution in [0.25, 0.3) is 0 Å². The Bertz CT molecular complexity index is 341. The summed E-state index contributed by atoms with van der Waals surface area (Å²) in [7, 11) is 0. The first-order valence-electron chi connectivity index (χ1n) is 7.14. The molecule has 2 rings (SSSR count). The van der Waals surface area contributed by atoms with Crippen LogP contribution in [-0.4, -0.2) is 11.9 Å². The zero-order chi connectivity index (χ0) is 12.8. The molecule has 0 heterocycles. The van der Waals surface area contributed by atoms with Crippen molar-refractivity contribution in [2.75, 3.05) is 11.9 Å². The Kier molecular flexibility index (Phi) is 5.55. The smallest absolute Gasteiger partial charge is 0.119 e. The molecule has 1 aliphatic rings. The Morgan fingerprint density at radius 2 is 1.83 bits per heavy atom. The number of halogens is 1. The van der Waals surface area contributed by atoms with Crippen molar-refractivity contribution >= 4 is 15.9 Å². The number of benzene rings is 1. The first-order valence-corrected chi connectivity index (χ1v) is 8.26. The average Bonchev–Trinajstić information content (AvgIpc) is 2.43. The molecule has 18 heavy (non-hydrogen) atoms. The van der Waals surface area contributed by atoms with Crippen molar-refractivity contribution in [2.45, 2.75) is 44.9 Å². The number of rotatable bonds is 5. The fourth-order valence-corrected chi connectivity index (χ4v) is 3.90. The van der Waals surface area contributed by atoms with Crippen LogP contribution in [0.3, 0.4) is 0 Å². The van der Waals surface area contributed by atoms with Gasteiger partial charge in [0.2, 0.25) is 0 Å². The highest BCUT2D eigenvalue weighted by Gasteiger charge is 2.24. The molecule has 1 nitrogen and oxygen atoms in total. The van der Waals surface area contributed by atoms with E-state index in [0.717, 1.165) is 23.6 Å². The maximum Gasteiger partial charge on any atom is 0.119 e. The zero-order valence-corrected chi connectivity index (χ0v) is 12.8. The first-order chi connectivity index (χ1) is 8.85. The van der Waals surface area contributed by atoms with Crippen molar-refractivity contribution < 1.29 is 4.74 Å². The van der Waals surface area contributed by atoms with E-state index in [-0.39, 0.29) is 0 Å². The summed E-state index contributed by atoms with van der Waals surface area (Å²) in [5.74, 6) is 2.51. The van der Waals surface area contributed by atoms with Gasteiger partial charge >= 0.3 is 0 Å². The summed E-state index contributed by atoms with van der Waals surface area (Å²) in [5, 5.41) is 1.08. The molecule has 0 bridgehead atoms. The van der Waals surface area contributed by atoms with E-state index in [1.165, 1.54) is 37.7 Å². The quantitative estimate of drug-likeness (QED) is 0.684. The van der Waals surface area contributed by atoms with Gasteiger partial charge in [-0.2, -0.15) is 0 Å². The molecule has 0 amide bonds. The van der Waals surface area contributed by atoms with Crippen LogP contribution in [0.1, 0.15) is 50.5 Å². The normalized spacial score (nSPS) is 18.6. The Labute approximate surface area is 119 Å². The highest BCUT2D eigenvalue weighted by molar-refractivity contribution is 9.09. The molecule has 0 spiro atoms. The van der Waals surface area contributed by atoms with Gasteiger partial charge < -0.3 is 4.74 Å². The molecule has 0 aliphatic heterocycles. The summed E-state index contributed by atoms with van der Waals surface area (Å²) >= 11 is 3.71. The molecular formula is C16H23BrO. The summed E-state index contributed by atoms with van der Waals surface area (Å²) in [5.41, 5.74) is 1.46. The second-order valence-electron chi connectivity index (χ2n) is 5.16. The largest absolute Gasteiger partial charge is 0.494 e. The number of hydrogen-bond acceptors (Lipinski definition) is 1. The standard InChI is InChI=1S/C16H23BrO/c1-2-18-15-10-8-14(9-11-15)16(12-17)13-6-4-3-5-7-13/h8-11,13,16H,2-7,12H2,1H3. The minimum absolute atomic E-state index is 0.668. The molecule has 100 valence electrons. The Hall–Kier alpha value is -0.500. The van der Waals surface area contributed by atoms with Crippen LogP contribution in [-0.2, 0) is 0 Å². The van der Waals surface area contributed by atoms with Gasteiger partial charge in [-0.1, -0.05) is 47.3 Å². The lowest BCUT2D eigenvalue weighted by Gasteiger charge is -2.29. The second-order valence-corrected chi connectivity index (χ2v) is 5.81. The highest BCUT2D eigenvalue weighted by Crippen LogP contribution is 2.37. The van der Waals surface area contributed by atoms with Gasteiger partial charge in [-0.15, -0.1) is 0 Å². The average molecular weight is 311 g/mol. The SMILES string of the molecule is CCOc1ccc(C(CBr)C2CCCCC2)cc1. The summed E-state index contributed by atoms with van der Waals surface area (Å²) in [6.07, 6.45) is 7.03. The van der Waals surface area contributed by atoms with Crippen molar-refractivity contribution in [3.63, 3.8) is 0 Å². The van der Waals surface area contributed by atoms with Crippen LogP contribution in [0.15, 0.2) is 24.3 Å². The van der Waals surface area contributed by atoms with Crippen LogP contribution in [0.2, 0.25) is 0 Å². The third-order valence-electron chi connectivity index (χ3n) is 4.00. The van der Waals surface area contributed by atoms with Crippen LogP contribution in [0, 0.1) is 5.92 Å². The summed E-state index contributed by atoms with van der Waals surface area (Å²) in [6.45, 7) is 2.76. The van der Waals surface area contributed by atoms with Crippen molar-refractivity contribution in [1.82, 2.24) is 0 Å². The lowest BCUT2D eigenvalue weighted by Crippen LogP contribution is -2.17. The lowest BCUT2D eigenvalue weighted by molar-refractivity contribution is 0.318. The van der Waals surface area contributed by atoms with E-state index in [0.29, 0.717) is 5.92 Å². The van der Waals surface area contributed by atoms with E-state index in [1.807, 2.05) is 6.92 Å². The molecule has 0 saturated heterocycles. The van der Waals surface area contributed by atoms with Gasteiger partial charge in [-0.05, 0) is 49.3 Å². The number of alkyl halides is 1. The molecule has 1 aliphatic carbocycles. The van der Waals surface area contributed by atoms with Crippen LogP contribution in [0.4, 0.5) is 0 Å². The van der Waals surface area contributed by atoms with Gasteiger partial charge in [-0.3, -0.25) is 0 Å². The molecule has 2 heteroatoms. The van der Waals surface area contributed by atoms with E-state index in [2.05, 4.69) is 40.2 Å². The van der Waals surface area contributed by atoms with Crippen molar-refractivity contribution in [2.24, 2.45) is 5.92 Å². The van der Waals surface area contributed by atoms with E-state index in [1.54, 1.807) is 0 Å².